The number of alkyl halides is 1. The molecule has 2 rings (SSSR count). The standard InChI is InChI=1S/C14H17BrClNO/c15-9-10-3-1-6-13(7-10)17-14(18)11-4-2-5-12(16)8-11/h2,4-5,8,10,13H,1,3,6-7,9H2,(H,17,18). The number of amides is 1. The van der Waals surface area contributed by atoms with Crippen molar-refractivity contribution in [2.45, 2.75) is 31.7 Å². The van der Waals surface area contributed by atoms with E-state index in [0.717, 1.165) is 18.2 Å². The van der Waals surface area contributed by atoms with Gasteiger partial charge in [0, 0.05) is 22.0 Å². The Morgan fingerprint density at radius 3 is 3.00 bits per heavy atom. The maximum atomic E-state index is 12.1. The SMILES string of the molecule is O=C(NC1CCCC(CBr)C1)c1cccc(Cl)c1. The zero-order valence-corrected chi connectivity index (χ0v) is 12.5. The summed E-state index contributed by atoms with van der Waals surface area (Å²) in [6, 6.07) is 7.39. The Kier molecular flexibility index (Phi) is 5.07. The lowest BCUT2D eigenvalue weighted by Gasteiger charge is -2.28. The molecular weight excluding hydrogens is 314 g/mol. The predicted molar refractivity (Wildman–Crippen MR) is 78.5 cm³/mol. The Hall–Kier alpha value is -0.540. The second-order valence-electron chi connectivity index (χ2n) is 4.87. The highest BCUT2D eigenvalue weighted by Crippen LogP contribution is 2.26. The lowest BCUT2D eigenvalue weighted by atomic mass is 9.87. The Morgan fingerprint density at radius 2 is 2.28 bits per heavy atom. The van der Waals surface area contributed by atoms with Crippen molar-refractivity contribution in [1.82, 2.24) is 5.32 Å². The summed E-state index contributed by atoms with van der Waals surface area (Å²) in [6.07, 6.45) is 4.60. The summed E-state index contributed by atoms with van der Waals surface area (Å²) >= 11 is 9.42. The largest absolute Gasteiger partial charge is 0.349 e. The average molecular weight is 331 g/mol. The first-order valence-electron chi connectivity index (χ1n) is 6.31. The first-order chi connectivity index (χ1) is 8.69. The second-order valence-corrected chi connectivity index (χ2v) is 5.95. The molecule has 0 aromatic heterocycles. The smallest absolute Gasteiger partial charge is 0.251 e. The number of carbonyl (C=O) groups excluding carboxylic acids is 1. The van der Waals surface area contributed by atoms with Gasteiger partial charge in [0.1, 0.15) is 0 Å². The van der Waals surface area contributed by atoms with Gasteiger partial charge in [-0.05, 0) is 43.4 Å². The fraction of sp³-hybridized carbons (Fsp3) is 0.500. The van der Waals surface area contributed by atoms with Crippen LogP contribution in [0, 0.1) is 5.92 Å². The Bertz CT molecular complexity index is 424. The Balaban J connectivity index is 1.95. The fourth-order valence-electron chi connectivity index (χ4n) is 2.46. The second kappa shape index (κ2) is 6.58. The highest BCUT2D eigenvalue weighted by molar-refractivity contribution is 9.09. The molecule has 1 aromatic rings. The number of hydrogen-bond donors (Lipinski definition) is 1. The quantitative estimate of drug-likeness (QED) is 0.833. The summed E-state index contributed by atoms with van der Waals surface area (Å²) in [5.41, 5.74) is 0.642. The van der Waals surface area contributed by atoms with Crippen molar-refractivity contribution in [2.24, 2.45) is 5.92 Å². The van der Waals surface area contributed by atoms with E-state index in [0.29, 0.717) is 22.5 Å². The van der Waals surface area contributed by atoms with Gasteiger partial charge in [-0.15, -0.1) is 0 Å². The minimum atomic E-state index is -0.0160. The number of rotatable bonds is 3. The van der Waals surface area contributed by atoms with Gasteiger partial charge in [0.15, 0.2) is 0 Å². The van der Waals surface area contributed by atoms with Crippen molar-refractivity contribution in [2.75, 3.05) is 5.33 Å². The number of hydrogen-bond acceptors (Lipinski definition) is 1. The van der Waals surface area contributed by atoms with Crippen LogP contribution in [0.5, 0.6) is 0 Å². The molecule has 0 bridgehead atoms. The molecular formula is C14H17BrClNO. The van der Waals surface area contributed by atoms with Crippen molar-refractivity contribution >= 4 is 33.4 Å². The van der Waals surface area contributed by atoms with Gasteiger partial charge < -0.3 is 5.32 Å². The first kappa shape index (κ1) is 13.9. The molecule has 2 atom stereocenters. The Morgan fingerprint density at radius 1 is 1.44 bits per heavy atom. The van der Waals surface area contributed by atoms with Crippen LogP contribution in [0.2, 0.25) is 5.02 Å². The number of benzene rings is 1. The third kappa shape index (κ3) is 3.72. The van der Waals surface area contributed by atoms with E-state index in [-0.39, 0.29) is 5.91 Å². The molecule has 0 heterocycles. The summed E-state index contributed by atoms with van der Waals surface area (Å²) in [5.74, 6) is 0.668. The number of halogens is 2. The average Bonchev–Trinajstić information content (AvgIpc) is 2.39. The van der Waals surface area contributed by atoms with E-state index >= 15 is 0 Å². The zero-order chi connectivity index (χ0) is 13.0. The fourth-order valence-corrected chi connectivity index (χ4v) is 3.24. The summed E-state index contributed by atoms with van der Waals surface area (Å²) in [4.78, 5) is 12.1. The summed E-state index contributed by atoms with van der Waals surface area (Å²) in [6.45, 7) is 0. The molecule has 4 heteroatoms. The van der Waals surface area contributed by atoms with Crippen LogP contribution in [0.3, 0.4) is 0 Å². The summed E-state index contributed by atoms with van der Waals surface area (Å²) in [5, 5.41) is 4.73. The molecule has 0 aliphatic heterocycles. The molecule has 2 nitrogen and oxygen atoms in total. The van der Waals surface area contributed by atoms with Gasteiger partial charge in [-0.25, -0.2) is 0 Å². The van der Waals surface area contributed by atoms with Gasteiger partial charge in [-0.2, -0.15) is 0 Å². The number of nitrogens with one attached hydrogen (secondary N) is 1. The van der Waals surface area contributed by atoms with Gasteiger partial charge in [0.25, 0.3) is 5.91 Å². The highest BCUT2D eigenvalue weighted by atomic mass is 79.9. The molecule has 18 heavy (non-hydrogen) atoms. The van der Waals surface area contributed by atoms with Crippen LogP contribution in [0.1, 0.15) is 36.0 Å². The van der Waals surface area contributed by atoms with Crippen molar-refractivity contribution in [1.29, 1.82) is 0 Å². The normalized spacial score (nSPS) is 23.7. The molecule has 0 radical (unpaired) electrons. The van der Waals surface area contributed by atoms with E-state index in [4.69, 9.17) is 11.6 Å². The number of carbonyl (C=O) groups is 1. The first-order valence-corrected chi connectivity index (χ1v) is 7.81. The van der Waals surface area contributed by atoms with E-state index in [1.807, 2.05) is 0 Å². The summed E-state index contributed by atoms with van der Waals surface area (Å²) < 4.78 is 0. The molecule has 1 N–H and O–H groups in total. The van der Waals surface area contributed by atoms with Crippen molar-refractivity contribution in [3.05, 3.63) is 34.9 Å². The van der Waals surface area contributed by atoms with E-state index < -0.39 is 0 Å². The molecule has 0 saturated heterocycles. The van der Waals surface area contributed by atoms with Crippen LogP contribution >= 0.6 is 27.5 Å². The van der Waals surface area contributed by atoms with E-state index in [2.05, 4.69) is 21.2 Å². The lowest BCUT2D eigenvalue weighted by molar-refractivity contribution is 0.0922. The lowest BCUT2D eigenvalue weighted by Crippen LogP contribution is -2.38. The summed E-state index contributed by atoms with van der Waals surface area (Å²) in [7, 11) is 0. The molecule has 0 spiro atoms. The van der Waals surface area contributed by atoms with Crippen LogP contribution in [0.15, 0.2) is 24.3 Å². The van der Waals surface area contributed by atoms with Gasteiger partial charge in [0.2, 0.25) is 0 Å². The van der Waals surface area contributed by atoms with E-state index in [9.17, 15) is 4.79 Å². The maximum Gasteiger partial charge on any atom is 0.251 e. The Labute approximate surface area is 121 Å². The van der Waals surface area contributed by atoms with Crippen molar-refractivity contribution in [3.63, 3.8) is 0 Å². The minimum Gasteiger partial charge on any atom is -0.349 e. The monoisotopic (exact) mass is 329 g/mol. The zero-order valence-electron chi connectivity index (χ0n) is 10.2. The van der Waals surface area contributed by atoms with Crippen LogP contribution in [0.25, 0.3) is 0 Å². The molecule has 98 valence electrons. The van der Waals surface area contributed by atoms with Gasteiger partial charge in [0.05, 0.1) is 0 Å². The third-order valence-corrected chi connectivity index (χ3v) is 4.57. The third-order valence-electron chi connectivity index (χ3n) is 3.42. The van der Waals surface area contributed by atoms with E-state index in [1.165, 1.54) is 12.8 Å². The molecule has 1 fully saturated rings. The molecule has 1 aliphatic rings. The van der Waals surface area contributed by atoms with Crippen LogP contribution < -0.4 is 5.32 Å². The molecule has 1 aromatic carbocycles. The van der Waals surface area contributed by atoms with E-state index in [1.54, 1.807) is 24.3 Å². The molecule has 2 unspecified atom stereocenters. The van der Waals surface area contributed by atoms with Crippen LogP contribution in [-0.2, 0) is 0 Å². The van der Waals surface area contributed by atoms with Crippen LogP contribution in [0.4, 0.5) is 0 Å². The predicted octanol–water partition coefficient (Wildman–Crippen LogP) is 4.02. The minimum absolute atomic E-state index is 0.0160. The van der Waals surface area contributed by atoms with Gasteiger partial charge in [-0.1, -0.05) is 40.0 Å². The highest BCUT2D eigenvalue weighted by Gasteiger charge is 2.22. The van der Waals surface area contributed by atoms with Crippen molar-refractivity contribution in [3.8, 4) is 0 Å². The van der Waals surface area contributed by atoms with Gasteiger partial charge in [-0.3, -0.25) is 4.79 Å². The van der Waals surface area contributed by atoms with Crippen LogP contribution in [-0.4, -0.2) is 17.3 Å². The van der Waals surface area contributed by atoms with Gasteiger partial charge >= 0.3 is 0 Å². The molecule has 1 saturated carbocycles. The molecule has 1 aliphatic carbocycles. The van der Waals surface area contributed by atoms with Crippen molar-refractivity contribution < 1.29 is 4.79 Å². The maximum absolute atomic E-state index is 12.1. The topological polar surface area (TPSA) is 29.1 Å². The molecule has 1 amide bonds.